The van der Waals surface area contributed by atoms with Crippen molar-refractivity contribution in [3.05, 3.63) is 35.9 Å². The predicted octanol–water partition coefficient (Wildman–Crippen LogP) is 1.96. The number of carbonyl (C=O) groups is 2. The number of carboxylic acid groups (broad SMARTS) is 1. The molecule has 1 aromatic carbocycles. The van der Waals surface area contributed by atoms with Crippen molar-refractivity contribution in [1.29, 1.82) is 0 Å². The van der Waals surface area contributed by atoms with E-state index in [1.165, 1.54) is 6.92 Å². The number of hydrogen-bond acceptors (Lipinski definition) is 3. The second-order valence-corrected chi connectivity index (χ2v) is 3.56. The molecule has 1 N–H and O–H groups in total. The summed E-state index contributed by atoms with van der Waals surface area (Å²) in [6.45, 7) is 1.41. The van der Waals surface area contributed by atoms with Crippen molar-refractivity contribution >= 4 is 28.8 Å². The van der Waals surface area contributed by atoms with E-state index in [4.69, 9.17) is 17.3 Å². The summed E-state index contributed by atoms with van der Waals surface area (Å²) < 4.78 is 0. The molecular weight excluding hydrogens is 212 g/mol. The van der Waals surface area contributed by atoms with Crippen LogP contribution in [0.5, 0.6) is 0 Å². The summed E-state index contributed by atoms with van der Waals surface area (Å²) >= 11 is 4.83. The Labute approximate surface area is 92.7 Å². The van der Waals surface area contributed by atoms with Crippen LogP contribution in [-0.2, 0) is 4.79 Å². The molecule has 0 saturated heterocycles. The Hall–Kier alpha value is -1.55. The van der Waals surface area contributed by atoms with Gasteiger partial charge in [-0.15, -0.1) is 0 Å². The molecule has 0 aromatic heterocycles. The van der Waals surface area contributed by atoms with Crippen molar-refractivity contribution in [1.82, 2.24) is 0 Å². The Bertz CT molecular complexity index is 398. The van der Waals surface area contributed by atoms with Gasteiger partial charge < -0.3 is 5.11 Å². The Kier molecular flexibility index (Phi) is 3.68. The lowest BCUT2D eigenvalue weighted by Gasteiger charge is -2.06. The van der Waals surface area contributed by atoms with Crippen molar-refractivity contribution in [3.63, 3.8) is 0 Å². The highest BCUT2D eigenvalue weighted by Crippen LogP contribution is 2.08. The van der Waals surface area contributed by atoms with E-state index in [1.54, 1.807) is 30.3 Å². The van der Waals surface area contributed by atoms with E-state index in [0.717, 1.165) is 0 Å². The van der Waals surface area contributed by atoms with Gasteiger partial charge in [-0.3, -0.25) is 9.59 Å². The summed E-state index contributed by atoms with van der Waals surface area (Å²) in [5.41, 5.74) is 0.426. The summed E-state index contributed by atoms with van der Waals surface area (Å²) in [6, 6.07) is 8.43. The van der Waals surface area contributed by atoms with Crippen LogP contribution in [0.25, 0.3) is 0 Å². The van der Waals surface area contributed by atoms with Crippen LogP contribution in [0, 0.1) is 5.92 Å². The third kappa shape index (κ3) is 2.70. The van der Waals surface area contributed by atoms with E-state index in [1.807, 2.05) is 0 Å². The van der Waals surface area contributed by atoms with Gasteiger partial charge in [0, 0.05) is 5.56 Å². The lowest BCUT2D eigenvalue weighted by Crippen LogP contribution is -2.26. The van der Waals surface area contributed by atoms with Crippen molar-refractivity contribution in [2.45, 2.75) is 6.92 Å². The molecule has 0 amide bonds. The normalized spacial score (nSPS) is 11.8. The molecule has 4 heteroatoms. The minimum atomic E-state index is -1.08. The van der Waals surface area contributed by atoms with Gasteiger partial charge in [0.25, 0.3) is 0 Å². The lowest BCUT2D eigenvalue weighted by atomic mass is 10.00. The van der Waals surface area contributed by atoms with Crippen LogP contribution >= 0.6 is 12.2 Å². The molecule has 1 atom stereocenters. The number of hydrogen-bond donors (Lipinski definition) is 1. The third-order valence-electron chi connectivity index (χ3n) is 2.02. The first-order valence-electron chi connectivity index (χ1n) is 4.40. The summed E-state index contributed by atoms with van der Waals surface area (Å²) in [4.78, 5) is 22.3. The molecule has 0 fully saturated rings. The first-order chi connectivity index (χ1) is 7.04. The maximum Gasteiger partial charge on any atom is 0.311 e. The summed E-state index contributed by atoms with van der Waals surface area (Å²) in [7, 11) is 0. The topological polar surface area (TPSA) is 54.4 Å². The molecule has 15 heavy (non-hydrogen) atoms. The Morgan fingerprint density at radius 1 is 1.27 bits per heavy atom. The van der Waals surface area contributed by atoms with Crippen LogP contribution in [0.15, 0.2) is 30.3 Å². The van der Waals surface area contributed by atoms with Crippen LogP contribution in [0.1, 0.15) is 17.3 Å². The van der Waals surface area contributed by atoms with Gasteiger partial charge in [-0.05, 0) is 6.92 Å². The largest absolute Gasteiger partial charge is 0.481 e. The van der Waals surface area contributed by atoms with E-state index in [0.29, 0.717) is 5.56 Å². The van der Waals surface area contributed by atoms with Gasteiger partial charge in [0.2, 0.25) is 5.78 Å². The van der Waals surface area contributed by atoms with Gasteiger partial charge in [-0.2, -0.15) is 0 Å². The number of thiocarbonyl (C=S) groups is 1. The van der Waals surface area contributed by atoms with Gasteiger partial charge in [0.05, 0.1) is 10.8 Å². The minimum Gasteiger partial charge on any atom is -0.481 e. The van der Waals surface area contributed by atoms with Gasteiger partial charge >= 0.3 is 5.97 Å². The molecule has 0 aliphatic rings. The molecule has 0 saturated carbocycles. The van der Waals surface area contributed by atoms with Crippen LogP contribution in [0.4, 0.5) is 0 Å². The van der Waals surface area contributed by atoms with E-state index < -0.39 is 11.9 Å². The zero-order valence-electron chi connectivity index (χ0n) is 8.14. The zero-order valence-corrected chi connectivity index (χ0v) is 8.95. The number of rotatable bonds is 4. The van der Waals surface area contributed by atoms with Gasteiger partial charge in [0.15, 0.2) is 0 Å². The number of ketones is 1. The molecule has 0 spiro atoms. The van der Waals surface area contributed by atoms with E-state index in [2.05, 4.69) is 0 Å². The molecule has 1 rings (SSSR count). The predicted molar refractivity (Wildman–Crippen MR) is 60.2 cm³/mol. The van der Waals surface area contributed by atoms with Crippen LogP contribution < -0.4 is 0 Å². The summed E-state index contributed by atoms with van der Waals surface area (Å²) in [5, 5.41) is 8.71. The third-order valence-corrected chi connectivity index (χ3v) is 2.56. The number of carboxylic acids is 1. The number of benzene rings is 1. The first kappa shape index (κ1) is 11.5. The van der Waals surface area contributed by atoms with Crippen molar-refractivity contribution in [2.24, 2.45) is 5.92 Å². The maximum atomic E-state index is 11.7. The van der Waals surface area contributed by atoms with Crippen molar-refractivity contribution in [2.75, 3.05) is 0 Å². The second kappa shape index (κ2) is 4.79. The number of aliphatic carboxylic acids is 1. The minimum absolute atomic E-state index is 0.0614. The smallest absolute Gasteiger partial charge is 0.311 e. The molecule has 1 aromatic rings. The van der Waals surface area contributed by atoms with E-state index in [-0.39, 0.29) is 10.6 Å². The van der Waals surface area contributed by atoms with Crippen molar-refractivity contribution in [3.8, 4) is 0 Å². The van der Waals surface area contributed by atoms with Gasteiger partial charge in [-0.1, -0.05) is 42.5 Å². The zero-order chi connectivity index (χ0) is 11.4. The highest BCUT2D eigenvalue weighted by molar-refractivity contribution is 7.82. The van der Waals surface area contributed by atoms with Gasteiger partial charge in [-0.25, -0.2) is 0 Å². The van der Waals surface area contributed by atoms with E-state index in [9.17, 15) is 9.59 Å². The average molecular weight is 222 g/mol. The van der Waals surface area contributed by atoms with Crippen LogP contribution in [0.2, 0.25) is 0 Å². The van der Waals surface area contributed by atoms with Gasteiger partial charge in [0.1, 0.15) is 0 Å². The quantitative estimate of drug-likeness (QED) is 0.625. The maximum absolute atomic E-state index is 11.7. The highest BCUT2D eigenvalue weighted by atomic mass is 32.1. The summed E-state index contributed by atoms with van der Waals surface area (Å²) in [6.07, 6.45) is 0. The second-order valence-electron chi connectivity index (χ2n) is 3.12. The molecule has 3 nitrogen and oxygen atoms in total. The summed E-state index contributed by atoms with van der Waals surface area (Å²) in [5.74, 6) is -2.39. The molecule has 1 unspecified atom stereocenters. The SMILES string of the molecule is CC(C(=O)O)C(=S)C(=O)c1ccccc1. The fraction of sp³-hybridized carbons (Fsp3) is 0.182. The molecule has 0 heterocycles. The molecule has 0 aliphatic heterocycles. The average Bonchev–Trinajstić information content (AvgIpc) is 2.27. The van der Waals surface area contributed by atoms with Crippen LogP contribution in [-0.4, -0.2) is 21.7 Å². The first-order valence-corrected chi connectivity index (χ1v) is 4.81. The number of carbonyl (C=O) groups excluding carboxylic acids is 1. The lowest BCUT2D eigenvalue weighted by molar-refractivity contribution is -0.138. The Morgan fingerprint density at radius 3 is 2.27 bits per heavy atom. The van der Waals surface area contributed by atoms with Crippen molar-refractivity contribution < 1.29 is 14.7 Å². The standard InChI is InChI=1S/C11H10O3S/c1-7(11(13)14)10(15)9(12)8-5-3-2-4-6-8/h2-7H,1H3,(H,13,14). The fourth-order valence-corrected chi connectivity index (χ4v) is 1.26. The Balaban J connectivity index is 2.87. The monoisotopic (exact) mass is 222 g/mol. The highest BCUT2D eigenvalue weighted by Gasteiger charge is 2.23. The fourth-order valence-electron chi connectivity index (χ4n) is 1.04. The van der Waals surface area contributed by atoms with Crippen LogP contribution in [0.3, 0.4) is 0 Å². The Morgan fingerprint density at radius 2 is 1.80 bits per heavy atom. The molecule has 0 aliphatic carbocycles. The molecular formula is C11H10O3S. The number of Topliss-reactive ketones (excluding diaryl/α,β-unsaturated/α-hetero) is 1. The van der Waals surface area contributed by atoms with E-state index >= 15 is 0 Å². The molecule has 78 valence electrons. The molecule has 0 radical (unpaired) electrons. The molecule has 0 bridgehead atoms.